The number of rotatable bonds is 7. The van der Waals surface area contributed by atoms with Gasteiger partial charge in [0, 0.05) is 38.0 Å². The van der Waals surface area contributed by atoms with E-state index >= 15 is 0 Å². The molecule has 0 saturated carbocycles. The van der Waals surface area contributed by atoms with Crippen LogP contribution in [0.2, 0.25) is 5.02 Å². The van der Waals surface area contributed by atoms with E-state index in [9.17, 15) is 19.7 Å². The lowest BCUT2D eigenvalue weighted by atomic mass is 10.1. The molecule has 0 unspecified atom stereocenters. The number of benzene rings is 2. The maximum absolute atomic E-state index is 12.3. The standard InChI is InChI=1S/C19H21ClN4O4/c1-12(18(25)21-11-13-4-7-15(8-5-13)23(2)3)22-19(26)14-6-9-16(20)17(10-14)24(27)28/h4-10,12H,11H2,1-3H3,(H,21,25)(H,22,26)/t12-/m0/s1. The second-order valence-electron chi connectivity index (χ2n) is 6.40. The highest BCUT2D eigenvalue weighted by Crippen LogP contribution is 2.25. The van der Waals surface area contributed by atoms with Crippen LogP contribution in [0, 0.1) is 10.1 Å². The lowest BCUT2D eigenvalue weighted by Crippen LogP contribution is -2.44. The topological polar surface area (TPSA) is 105 Å². The zero-order chi connectivity index (χ0) is 20.8. The Balaban J connectivity index is 1.93. The van der Waals surface area contributed by atoms with Crippen molar-refractivity contribution in [2.24, 2.45) is 0 Å². The van der Waals surface area contributed by atoms with Crippen LogP contribution >= 0.6 is 11.6 Å². The minimum absolute atomic E-state index is 0.0509. The Morgan fingerprint density at radius 2 is 1.82 bits per heavy atom. The number of nitro benzene ring substituents is 1. The Morgan fingerprint density at radius 1 is 1.18 bits per heavy atom. The fourth-order valence-corrected chi connectivity index (χ4v) is 2.58. The van der Waals surface area contributed by atoms with E-state index in [1.54, 1.807) is 0 Å². The van der Waals surface area contributed by atoms with Crippen molar-refractivity contribution >= 4 is 34.8 Å². The lowest BCUT2D eigenvalue weighted by Gasteiger charge is -2.15. The molecule has 2 aromatic carbocycles. The van der Waals surface area contributed by atoms with Crippen molar-refractivity contribution in [3.05, 3.63) is 68.7 Å². The van der Waals surface area contributed by atoms with Crippen molar-refractivity contribution < 1.29 is 14.5 Å². The van der Waals surface area contributed by atoms with E-state index in [1.165, 1.54) is 19.1 Å². The van der Waals surface area contributed by atoms with Crippen LogP contribution in [0.15, 0.2) is 42.5 Å². The zero-order valence-corrected chi connectivity index (χ0v) is 16.5. The van der Waals surface area contributed by atoms with E-state index < -0.39 is 16.9 Å². The van der Waals surface area contributed by atoms with Crippen LogP contribution < -0.4 is 15.5 Å². The molecule has 148 valence electrons. The number of hydrogen-bond donors (Lipinski definition) is 2. The fourth-order valence-electron chi connectivity index (χ4n) is 2.39. The third-order valence-corrected chi connectivity index (χ3v) is 4.38. The minimum atomic E-state index is -0.816. The van der Waals surface area contributed by atoms with Gasteiger partial charge >= 0.3 is 0 Å². The molecular formula is C19H21ClN4O4. The summed E-state index contributed by atoms with van der Waals surface area (Å²) >= 11 is 5.74. The van der Waals surface area contributed by atoms with Gasteiger partial charge in [-0.2, -0.15) is 0 Å². The molecule has 2 rings (SSSR count). The molecule has 0 saturated heterocycles. The first-order valence-corrected chi connectivity index (χ1v) is 8.85. The van der Waals surface area contributed by atoms with Gasteiger partial charge in [-0.05, 0) is 36.8 Å². The van der Waals surface area contributed by atoms with Crippen molar-refractivity contribution in [2.75, 3.05) is 19.0 Å². The molecule has 0 bridgehead atoms. The first-order valence-electron chi connectivity index (χ1n) is 8.48. The molecule has 2 amide bonds. The number of anilines is 1. The number of halogens is 1. The molecule has 0 aliphatic carbocycles. The van der Waals surface area contributed by atoms with Gasteiger partial charge in [-0.3, -0.25) is 19.7 Å². The van der Waals surface area contributed by atoms with Gasteiger partial charge in [-0.15, -0.1) is 0 Å². The third-order valence-electron chi connectivity index (χ3n) is 4.07. The Morgan fingerprint density at radius 3 is 2.39 bits per heavy atom. The summed E-state index contributed by atoms with van der Waals surface area (Å²) in [5.41, 5.74) is 1.65. The molecule has 1 atom stereocenters. The second-order valence-corrected chi connectivity index (χ2v) is 6.80. The van der Waals surface area contributed by atoms with Gasteiger partial charge in [-0.1, -0.05) is 23.7 Å². The molecule has 0 aromatic heterocycles. The predicted octanol–water partition coefficient (Wildman–Crippen LogP) is 2.75. The van der Waals surface area contributed by atoms with Gasteiger partial charge in [0.25, 0.3) is 11.6 Å². The first-order chi connectivity index (χ1) is 13.2. The molecule has 0 spiro atoms. The molecule has 2 aromatic rings. The van der Waals surface area contributed by atoms with E-state index in [1.807, 2.05) is 43.3 Å². The lowest BCUT2D eigenvalue weighted by molar-refractivity contribution is -0.384. The van der Waals surface area contributed by atoms with E-state index in [0.29, 0.717) is 6.54 Å². The third kappa shape index (κ3) is 5.43. The van der Waals surface area contributed by atoms with Crippen LogP contribution in [0.25, 0.3) is 0 Å². The number of nitro groups is 1. The summed E-state index contributed by atoms with van der Waals surface area (Å²) in [7, 11) is 3.88. The summed E-state index contributed by atoms with van der Waals surface area (Å²) in [5, 5.41) is 16.1. The molecule has 0 fully saturated rings. The highest BCUT2D eigenvalue weighted by Gasteiger charge is 2.20. The normalized spacial score (nSPS) is 11.4. The molecule has 0 aliphatic rings. The average molecular weight is 405 g/mol. The molecule has 0 radical (unpaired) electrons. The summed E-state index contributed by atoms with van der Waals surface area (Å²) in [6, 6.07) is 10.6. The maximum Gasteiger partial charge on any atom is 0.288 e. The summed E-state index contributed by atoms with van der Waals surface area (Å²) in [6.07, 6.45) is 0. The summed E-state index contributed by atoms with van der Waals surface area (Å²) in [6.45, 7) is 1.85. The predicted molar refractivity (Wildman–Crippen MR) is 108 cm³/mol. The number of amides is 2. The first kappa shape index (κ1) is 21.2. The van der Waals surface area contributed by atoms with Gasteiger partial charge in [0.15, 0.2) is 0 Å². The monoisotopic (exact) mass is 404 g/mol. The summed E-state index contributed by atoms with van der Waals surface area (Å²) in [5.74, 6) is -0.966. The molecule has 28 heavy (non-hydrogen) atoms. The van der Waals surface area contributed by atoms with E-state index in [2.05, 4.69) is 10.6 Å². The van der Waals surface area contributed by atoms with Gasteiger partial charge < -0.3 is 15.5 Å². The van der Waals surface area contributed by atoms with Crippen molar-refractivity contribution in [1.82, 2.24) is 10.6 Å². The minimum Gasteiger partial charge on any atom is -0.378 e. The molecule has 2 N–H and O–H groups in total. The smallest absolute Gasteiger partial charge is 0.288 e. The quantitative estimate of drug-likeness (QED) is 0.545. The highest BCUT2D eigenvalue weighted by atomic mass is 35.5. The summed E-state index contributed by atoms with van der Waals surface area (Å²) in [4.78, 5) is 36.7. The van der Waals surface area contributed by atoms with Gasteiger partial charge in [0.1, 0.15) is 11.1 Å². The van der Waals surface area contributed by atoms with Gasteiger partial charge in [0.05, 0.1) is 4.92 Å². The largest absolute Gasteiger partial charge is 0.378 e. The van der Waals surface area contributed by atoms with Crippen LogP contribution in [0.4, 0.5) is 11.4 Å². The Bertz CT molecular complexity index is 884. The van der Waals surface area contributed by atoms with Crippen molar-refractivity contribution in [1.29, 1.82) is 0 Å². The molecular weight excluding hydrogens is 384 g/mol. The van der Waals surface area contributed by atoms with Gasteiger partial charge in [-0.25, -0.2) is 0 Å². The van der Waals surface area contributed by atoms with Crippen LogP contribution in [-0.4, -0.2) is 36.9 Å². The Hall–Kier alpha value is -3.13. The second kappa shape index (κ2) is 9.18. The zero-order valence-electron chi connectivity index (χ0n) is 15.7. The van der Waals surface area contributed by atoms with Crippen molar-refractivity contribution in [2.45, 2.75) is 19.5 Å². The fraction of sp³-hybridized carbons (Fsp3) is 0.263. The van der Waals surface area contributed by atoms with Gasteiger partial charge in [0.2, 0.25) is 5.91 Å². The van der Waals surface area contributed by atoms with E-state index in [4.69, 9.17) is 11.6 Å². The van der Waals surface area contributed by atoms with Crippen LogP contribution in [-0.2, 0) is 11.3 Å². The average Bonchev–Trinajstić information content (AvgIpc) is 2.66. The molecule has 8 nitrogen and oxygen atoms in total. The van der Waals surface area contributed by atoms with E-state index in [0.717, 1.165) is 17.3 Å². The SMILES string of the molecule is C[C@H](NC(=O)c1ccc(Cl)c([N+](=O)[O-])c1)C(=O)NCc1ccc(N(C)C)cc1. The number of carbonyl (C=O) groups is 2. The number of carbonyl (C=O) groups excluding carboxylic acids is 2. The molecule has 0 aliphatic heterocycles. The number of nitrogens with one attached hydrogen (secondary N) is 2. The van der Waals surface area contributed by atoms with Crippen molar-refractivity contribution in [3.63, 3.8) is 0 Å². The maximum atomic E-state index is 12.3. The Labute approximate surface area is 167 Å². The van der Waals surface area contributed by atoms with Crippen LogP contribution in [0.5, 0.6) is 0 Å². The summed E-state index contributed by atoms with van der Waals surface area (Å²) < 4.78 is 0. The van der Waals surface area contributed by atoms with Crippen molar-refractivity contribution in [3.8, 4) is 0 Å². The molecule has 0 heterocycles. The van der Waals surface area contributed by atoms with Crippen LogP contribution in [0.3, 0.4) is 0 Å². The molecule has 9 heteroatoms. The Kier molecular flexibility index (Phi) is 6.94. The van der Waals surface area contributed by atoms with E-state index in [-0.39, 0.29) is 22.2 Å². The highest BCUT2D eigenvalue weighted by molar-refractivity contribution is 6.32. The number of hydrogen-bond acceptors (Lipinski definition) is 5. The van der Waals surface area contributed by atoms with Crippen LogP contribution in [0.1, 0.15) is 22.8 Å². The number of nitrogens with zero attached hydrogens (tertiary/aromatic N) is 2.